The maximum absolute atomic E-state index is 12.9. The van der Waals surface area contributed by atoms with Gasteiger partial charge in [0.2, 0.25) is 0 Å². The van der Waals surface area contributed by atoms with Crippen molar-refractivity contribution in [3.05, 3.63) is 29.1 Å². The van der Waals surface area contributed by atoms with E-state index >= 15 is 0 Å². The van der Waals surface area contributed by atoms with Crippen LogP contribution in [0.5, 0.6) is 5.75 Å². The highest BCUT2D eigenvalue weighted by Crippen LogP contribution is 2.27. The molecule has 3 nitrogen and oxygen atoms in total. The molecule has 0 saturated carbocycles. The minimum Gasteiger partial charge on any atom is -0.478 e. The molecule has 0 aliphatic carbocycles. The first-order valence-electron chi connectivity index (χ1n) is 4.02. The fraction of sp³-hybridized carbons (Fsp3) is 0.222. The summed E-state index contributed by atoms with van der Waals surface area (Å²) in [5, 5.41) is 8.71. The summed E-state index contributed by atoms with van der Waals surface area (Å²) in [4.78, 5) is 10.7. The molecule has 0 spiro atoms. The average Bonchev–Trinajstić information content (AvgIpc) is 2.15. The number of hydrogen-bond acceptors (Lipinski definition) is 2. The molecule has 16 heavy (non-hydrogen) atoms. The lowest BCUT2D eigenvalue weighted by atomic mass is 10.1. The number of aromatic carboxylic acids is 1. The van der Waals surface area contributed by atoms with Crippen LogP contribution in [0.25, 0.3) is 0 Å². The smallest absolute Gasteiger partial charge is 0.387 e. The van der Waals surface area contributed by atoms with E-state index in [2.05, 4.69) is 4.74 Å². The number of rotatable bonds is 4. The molecule has 0 saturated heterocycles. The van der Waals surface area contributed by atoms with Crippen LogP contribution in [0.15, 0.2) is 12.1 Å². The molecular weight excluding hydrogens is 249 g/mol. The van der Waals surface area contributed by atoms with Crippen LogP contribution in [-0.4, -0.2) is 17.7 Å². The number of alkyl halides is 3. The van der Waals surface area contributed by atoms with Crippen molar-refractivity contribution in [3.63, 3.8) is 0 Å². The van der Waals surface area contributed by atoms with E-state index in [0.717, 1.165) is 0 Å². The minimum absolute atomic E-state index is 0.184. The molecule has 0 unspecified atom stereocenters. The van der Waals surface area contributed by atoms with Crippen LogP contribution in [0.2, 0.25) is 0 Å². The number of carboxylic acid groups (broad SMARTS) is 1. The van der Waals surface area contributed by atoms with Crippen molar-refractivity contribution in [1.82, 2.24) is 0 Å². The fourth-order valence-corrected chi connectivity index (χ4v) is 1.42. The van der Waals surface area contributed by atoms with Gasteiger partial charge < -0.3 is 9.84 Å². The van der Waals surface area contributed by atoms with Gasteiger partial charge in [-0.05, 0) is 6.07 Å². The Balaban J connectivity index is 3.30. The van der Waals surface area contributed by atoms with E-state index in [0.29, 0.717) is 12.1 Å². The SMILES string of the molecule is O=C(O)c1cc(F)cc(OC(F)F)c1CCl. The largest absolute Gasteiger partial charge is 0.478 e. The third-order valence-electron chi connectivity index (χ3n) is 1.75. The molecule has 0 aliphatic rings. The maximum atomic E-state index is 12.9. The van der Waals surface area contributed by atoms with Crippen LogP contribution in [0.1, 0.15) is 15.9 Å². The Morgan fingerprint density at radius 3 is 2.56 bits per heavy atom. The number of halogens is 4. The van der Waals surface area contributed by atoms with Crippen molar-refractivity contribution in [2.24, 2.45) is 0 Å². The molecule has 0 fully saturated rings. The Kier molecular flexibility index (Phi) is 4.00. The molecule has 0 bridgehead atoms. The zero-order valence-corrected chi connectivity index (χ0v) is 8.47. The van der Waals surface area contributed by atoms with E-state index in [1.807, 2.05) is 0 Å². The first-order chi connectivity index (χ1) is 7.45. The van der Waals surface area contributed by atoms with Crippen molar-refractivity contribution in [3.8, 4) is 5.75 Å². The van der Waals surface area contributed by atoms with E-state index in [-0.39, 0.29) is 11.4 Å². The van der Waals surface area contributed by atoms with Gasteiger partial charge in [0.25, 0.3) is 0 Å². The number of ether oxygens (including phenoxy) is 1. The van der Waals surface area contributed by atoms with Gasteiger partial charge in [0.15, 0.2) is 0 Å². The molecule has 88 valence electrons. The predicted octanol–water partition coefficient (Wildman–Crippen LogP) is 2.86. The Morgan fingerprint density at radius 2 is 2.12 bits per heavy atom. The molecule has 0 heterocycles. The van der Waals surface area contributed by atoms with Crippen molar-refractivity contribution >= 4 is 17.6 Å². The topological polar surface area (TPSA) is 46.5 Å². The zero-order chi connectivity index (χ0) is 12.3. The summed E-state index contributed by atoms with van der Waals surface area (Å²) in [6.07, 6.45) is 0. The standard InChI is InChI=1S/C9H6ClF3O3/c10-3-6-5(8(14)15)1-4(11)2-7(6)16-9(12)13/h1-2,9H,3H2,(H,14,15). The van der Waals surface area contributed by atoms with Crippen molar-refractivity contribution in [2.75, 3.05) is 0 Å². The van der Waals surface area contributed by atoms with Gasteiger partial charge >= 0.3 is 12.6 Å². The molecule has 0 radical (unpaired) electrons. The van der Waals surface area contributed by atoms with E-state index < -0.39 is 29.7 Å². The Labute approximate surface area is 93.4 Å². The normalized spacial score (nSPS) is 10.6. The van der Waals surface area contributed by atoms with Crippen LogP contribution < -0.4 is 4.74 Å². The van der Waals surface area contributed by atoms with Crippen LogP contribution in [0.4, 0.5) is 13.2 Å². The highest BCUT2D eigenvalue weighted by molar-refractivity contribution is 6.18. The van der Waals surface area contributed by atoms with Gasteiger partial charge in [-0.15, -0.1) is 11.6 Å². The first kappa shape index (κ1) is 12.6. The van der Waals surface area contributed by atoms with Crippen molar-refractivity contribution in [1.29, 1.82) is 0 Å². The monoisotopic (exact) mass is 254 g/mol. The first-order valence-corrected chi connectivity index (χ1v) is 4.55. The number of carbonyl (C=O) groups is 1. The molecule has 0 aliphatic heterocycles. The minimum atomic E-state index is -3.18. The van der Waals surface area contributed by atoms with Gasteiger partial charge in [-0.25, -0.2) is 9.18 Å². The van der Waals surface area contributed by atoms with E-state index in [1.54, 1.807) is 0 Å². The molecule has 0 amide bonds. The molecule has 0 atom stereocenters. The quantitative estimate of drug-likeness (QED) is 0.841. The summed E-state index contributed by atoms with van der Waals surface area (Å²) < 4.78 is 40.8. The van der Waals surface area contributed by atoms with Crippen LogP contribution in [-0.2, 0) is 5.88 Å². The summed E-state index contributed by atoms with van der Waals surface area (Å²) in [7, 11) is 0. The lowest BCUT2D eigenvalue weighted by Crippen LogP contribution is -2.09. The Hall–Kier alpha value is -1.43. The lowest BCUT2D eigenvalue weighted by Gasteiger charge is -2.11. The molecule has 7 heteroatoms. The van der Waals surface area contributed by atoms with E-state index in [1.165, 1.54) is 0 Å². The summed E-state index contributed by atoms with van der Waals surface area (Å²) in [6, 6.07) is 1.36. The summed E-state index contributed by atoms with van der Waals surface area (Å²) in [6.45, 7) is -3.18. The van der Waals surface area contributed by atoms with Gasteiger partial charge in [-0.3, -0.25) is 0 Å². The third-order valence-corrected chi connectivity index (χ3v) is 2.02. The number of carboxylic acids is 1. The summed E-state index contributed by atoms with van der Waals surface area (Å²) in [5.41, 5.74) is -0.679. The summed E-state index contributed by atoms with van der Waals surface area (Å²) in [5.74, 6) is -3.39. The van der Waals surface area contributed by atoms with Crippen LogP contribution in [0, 0.1) is 5.82 Å². The van der Waals surface area contributed by atoms with Crippen LogP contribution >= 0.6 is 11.6 Å². The maximum Gasteiger partial charge on any atom is 0.387 e. The van der Waals surface area contributed by atoms with Gasteiger partial charge in [0.05, 0.1) is 11.4 Å². The van der Waals surface area contributed by atoms with Gasteiger partial charge in [-0.2, -0.15) is 8.78 Å². The van der Waals surface area contributed by atoms with Crippen molar-refractivity contribution in [2.45, 2.75) is 12.5 Å². The third kappa shape index (κ3) is 2.79. The molecule has 1 rings (SSSR count). The van der Waals surface area contributed by atoms with Gasteiger partial charge in [-0.1, -0.05) is 0 Å². The zero-order valence-electron chi connectivity index (χ0n) is 7.71. The molecule has 1 aromatic carbocycles. The highest BCUT2D eigenvalue weighted by atomic mass is 35.5. The summed E-state index contributed by atoms with van der Waals surface area (Å²) >= 11 is 5.41. The Bertz CT molecular complexity index is 409. The highest BCUT2D eigenvalue weighted by Gasteiger charge is 2.18. The van der Waals surface area contributed by atoms with Crippen molar-refractivity contribution < 1.29 is 27.8 Å². The Morgan fingerprint density at radius 1 is 1.50 bits per heavy atom. The predicted molar refractivity (Wildman–Crippen MR) is 49.5 cm³/mol. The van der Waals surface area contributed by atoms with Gasteiger partial charge in [0, 0.05) is 11.6 Å². The van der Waals surface area contributed by atoms with E-state index in [4.69, 9.17) is 16.7 Å². The van der Waals surface area contributed by atoms with Gasteiger partial charge in [0.1, 0.15) is 11.6 Å². The average molecular weight is 255 g/mol. The second-order valence-electron chi connectivity index (χ2n) is 2.75. The molecule has 1 aromatic rings. The number of hydrogen-bond donors (Lipinski definition) is 1. The van der Waals surface area contributed by atoms with E-state index in [9.17, 15) is 18.0 Å². The lowest BCUT2D eigenvalue weighted by molar-refractivity contribution is -0.0505. The molecule has 1 N–H and O–H groups in total. The molecule has 0 aromatic heterocycles. The second kappa shape index (κ2) is 5.07. The fourth-order valence-electron chi connectivity index (χ4n) is 1.14. The molecular formula is C9H6ClF3O3. The number of benzene rings is 1. The van der Waals surface area contributed by atoms with Crippen LogP contribution in [0.3, 0.4) is 0 Å². The second-order valence-corrected chi connectivity index (χ2v) is 3.01.